The number of nitrogens with zero attached hydrogens (tertiary/aromatic N) is 4. The van der Waals surface area contributed by atoms with E-state index in [9.17, 15) is 0 Å². The molecule has 1 aliphatic rings. The summed E-state index contributed by atoms with van der Waals surface area (Å²) in [6.07, 6.45) is 3.99. The van der Waals surface area contributed by atoms with E-state index in [-0.39, 0.29) is 0 Å². The molecule has 0 saturated carbocycles. The first-order valence-corrected chi connectivity index (χ1v) is 6.96. The summed E-state index contributed by atoms with van der Waals surface area (Å²) in [6.45, 7) is 0.854. The van der Waals surface area contributed by atoms with Gasteiger partial charge in [-0.05, 0) is 18.6 Å². The molecule has 2 aromatic rings. The lowest BCUT2D eigenvalue weighted by molar-refractivity contribution is 0.401. The highest BCUT2D eigenvalue weighted by Gasteiger charge is 2.20. The Bertz CT molecular complexity index is 564. The zero-order valence-corrected chi connectivity index (χ0v) is 11.0. The fraction of sp³-hybridized carbons (Fsp3) is 0.545. The lowest BCUT2D eigenvalue weighted by atomic mass is 10.2. The van der Waals surface area contributed by atoms with Crippen molar-refractivity contribution in [3.8, 4) is 5.88 Å². The molecular formula is C11H15N5OS. The van der Waals surface area contributed by atoms with E-state index in [1.165, 1.54) is 24.9 Å². The summed E-state index contributed by atoms with van der Waals surface area (Å²) >= 11 is 1.99. The summed E-state index contributed by atoms with van der Waals surface area (Å²) < 4.78 is 7.14. The van der Waals surface area contributed by atoms with Crippen LogP contribution in [0, 0.1) is 0 Å². The monoisotopic (exact) mass is 265 g/mol. The minimum atomic E-state index is 0.476. The second-order valence-electron chi connectivity index (χ2n) is 4.27. The molecule has 7 heteroatoms. The van der Waals surface area contributed by atoms with Crippen molar-refractivity contribution in [3.63, 3.8) is 0 Å². The van der Waals surface area contributed by atoms with Gasteiger partial charge >= 0.3 is 0 Å². The summed E-state index contributed by atoms with van der Waals surface area (Å²) in [5.74, 6) is 2.19. The maximum atomic E-state index is 5.97. The average Bonchev–Trinajstić information content (AvgIpc) is 2.99. The van der Waals surface area contributed by atoms with Crippen molar-refractivity contribution in [1.82, 2.24) is 19.5 Å². The second kappa shape index (κ2) is 4.64. The van der Waals surface area contributed by atoms with Crippen LogP contribution in [0.4, 0.5) is 5.95 Å². The first kappa shape index (κ1) is 11.6. The molecule has 2 aromatic heterocycles. The van der Waals surface area contributed by atoms with E-state index >= 15 is 0 Å². The number of nitrogen functional groups attached to an aromatic ring is 1. The van der Waals surface area contributed by atoms with E-state index in [2.05, 4.69) is 15.0 Å². The van der Waals surface area contributed by atoms with Crippen LogP contribution in [0.3, 0.4) is 0 Å². The molecular weight excluding hydrogens is 250 g/mol. The largest absolute Gasteiger partial charge is 0.479 e. The number of fused-ring (bicyclic) bond motifs is 1. The quantitative estimate of drug-likeness (QED) is 0.901. The van der Waals surface area contributed by atoms with Gasteiger partial charge < -0.3 is 10.5 Å². The molecule has 1 aliphatic heterocycles. The molecule has 0 aliphatic carbocycles. The van der Waals surface area contributed by atoms with Crippen molar-refractivity contribution in [1.29, 1.82) is 0 Å². The van der Waals surface area contributed by atoms with E-state index in [4.69, 9.17) is 10.5 Å². The highest BCUT2D eigenvalue weighted by atomic mass is 32.2. The number of aromatic nitrogens is 4. The molecule has 2 N–H and O–H groups in total. The molecule has 6 nitrogen and oxygen atoms in total. The van der Waals surface area contributed by atoms with Crippen molar-refractivity contribution in [2.75, 3.05) is 18.6 Å². The standard InChI is InChI=1S/C11H15N5OS/c1-17-10-8-9(13-6-14-10)16(11(12)15-8)5-7-3-2-4-18-7/h6-7H,2-5H2,1H3,(H2,12,15). The minimum absolute atomic E-state index is 0.476. The number of ether oxygens (including phenoxy) is 1. The van der Waals surface area contributed by atoms with Crippen LogP contribution >= 0.6 is 11.8 Å². The lowest BCUT2D eigenvalue weighted by Gasteiger charge is -2.11. The maximum Gasteiger partial charge on any atom is 0.245 e. The fourth-order valence-corrected chi connectivity index (χ4v) is 3.51. The molecule has 0 spiro atoms. The molecule has 1 atom stereocenters. The van der Waals surface area contributed by atoms with Gasteiger partial charge in [-0.2, -0.15) is 16.7 Å². The molecule has 3 heterocycles. The molecule has 3 rings (SSSR count). The normalized spacial score (nSPS) is 19.5. The van der Waals surface area contributed by atoms with Gasteiger partial charge in [0.2, 0.25) is 11.8 Å². The highest BCUT2D eigenvalue weighted by Crippen LogP contribution is 2.30. The molecule has 1 unspecified atom stereocenters. The Labute approximate surface area is 109 Å². The Hall–Kier alpha value is -1.50. The van der Waals surface area contributed by atoms with Gasteiger partial charge in [0.25, 0.3) is 0 Å². The van der Waals surface area contributed by atoms with Crippen molar-refractivity contribution in [2.24, 2.45) is 0 Å². The van der Waals surface area contributed by atoms with Gasteiger partial charge in [0, 0.05) is 11.8 Å². The molecule has 18 heavy (non-hydrogen) atoms. The van der Waals surface area contributed by atoms with Crippen LogP contribution in [0.15, 0.2) is 6.33 Å². The van der Waals surface area contributed by atoms with Crippen molar-refractivity contribution in [3.05, 3.63) is 6.33 Å². The van der Waals surface area contributed by atoms with E-state index in [0.717, 1.165) is 12.2 Å². The fourth-order valence-electron chi connectivity index (χ4n) is 2.25. The number of thioether (sulfide) groups is 1. The van der Waals surface area contributed by atoms with E-state index in [0.29, 0.717) is 22.6 Å². The Morgan fingerprint density at radius 3 is 3.17 bits per heavy atom. The summed E-state index contributed by atoms with van der Waals surface area (Å²) in [6, 6.07) is 0. The number of anilines is 1. The lowest BCUT2D eigenvalue weighted by Crippen LogP contribution is -2.12. The molecule has 0 radical (unpaired) electrons. The average molecular weight is 265 g/mol. The summed E-state index contributed by atoms with van der Waals surface area (Å²) in [4.78, 5) is 12.6. The molecule has 0 bridgehead atoms. The summed E-state index contributed by atoms with van der Waals surface area (Å²) in [5, 5.41) is 0.602. The summed E-state index contributed by atoms with van der Waals surface area (Å²) in [7, 11) is 1.57. The highest BCUT2D eigenvalue weighted by molar-refractivity contribution is 8.00. The number of hydrogen-bond donors (Lipinski definition) is 1. The molecule has 0 aromatic carbocycles. The van der Waals surface area contributed by atoms with Crippen LogP contribution < -0.4 is 10.5 Å². The second-order valence-corrected chi connectivity index (χ2v) is 5.68. The Morgan fingerprint density at radius 1 is 1.56 bits per heavy atom. The molecule has 0 amide bonds. The van der Waals surface area contributed by atoms with Crippen LogP contribution in [0.2, 0.25) is 0 Å². The molecule has 1 saturated heterocycles. The Kier molecular flexibility index (Phi) is 2.99. The van der Waals surface area contributed by atoms with Gasteiger partial charge in [0.1, 0.15) is 6.33 Å². The topological polar surface area (TPSA) is 78.8 Å². The Morgan fingerprint density at radius 2 is 2.44 bits per heavy atom. The SMILES string of the molecule is COc1ncnc2c1nc(N)n2CC1CCCS1. The third kappa shape index (κ3) is 1.88. The predicted octanol–water partition coefficient (Wildman–Crippen LogP) is 1.31. The third-order valence-corrected chi connectivity index (χ3v) is 4.51. The molecule has 96 valence electrons. The van der Waals surface area contributed by atoms with Crippen molar-refractivity contribution < 1.29 is 4.74 Å². The number of rotatable bonds is 3. The van der Waals surface area contributed by atoms with Gasteiger partial charge in [0.15, 0.2) is 11.2 Å². The number of imidazole rings is 1. The van der Waals surface area contributed by atoms with Crippen LogP contribution in [0.25, 0.3) is 11.2 Å². The third-order valence-electron chi connectivity index (χ3n) is 3.13. The van der Waals surface area contributed by atoms with E-state index in [1.54, 1.807) is 7.11 Å². The van der Waals surface area contributed by atoms with Crippen LogP contribution in [0.1, 0.15) is 12.8 Å². The zero-order chi connectivity index (χ0) is 12.5. The number of hydrogen-bond acceptors (Lipinski definition) is 6. The zero-order valence-electron chi connectivity index (χ0n) is 10.2. The first-order valence-electron chi connectivity index (χ1n) is 5.92. The van der Waals surface area contributed by atoms with Gasteiger partial charge in [0.05, 0.1) is 7.11 Å². The van der Waals surface area contributed by atoms with E-state index in [1.807, 2.05) is 16.3 Å². The minimum Gasteiger partial charge on any atom is -0.479 e. The van der Waals surface area contributed by atoms with Crippen LogP contribution in [-0.2, 0) is 6.54 Å². The van der Waals surface area contributed by atoms with Crippen LogP contribution in [-0.4, -0.2) is 37.6 Å². The van der Waals surface area contributed by atoms with Gasteiger partial charge in [-0.1, -0.05) is 0 Å². The van der Waals surface area contributed by atoms with E-state index < -0.39 is 0 Å². The van der Waals surface area contributed by atoms with Gasteiger partial charge in [-0.15, -0.1) is 0 Å². The predicted molar refractivity (Wildman–Crippen MR) is 71.8 cm³/mol. The van der Waals surface area contributed by atoms with Crippen molar-refractivity contribution >= 4 is 28.9 Å². The Balaban J connectivity index is 2.02. The van der Waals surface area contributed by atoms with Crippen LogP contribution in [0.5, 0.6) is 5.88 Å². The smallest absolute Gasteiger partial charge is 0.245 e. The summed E-state index contributed by atoms with van der Waals surface area (Å²) in [5.41, 5.74) is 7.37. The number of nitrogens with two attached hydrogens (primary N) is 1. The number of methoxy groups -OCH3 is 1. The first-order chi connectivity index (χ1) is 8.79. The molecule has 1 fully saturated rings. The van der Waals surface area contributed by atoms with Gasteiger partial charge in [-0.3, -0.25) is 4.57 Å². The van der Waals surface area contributed by atoms with Gasteiger partial charge in [-0.25, -0.2) is 9.97 Å². The van der Waals surface area contributed by atoms with Crippen molar-refractivity contribution in [2.45, 2.75) is 24.6 Å². The maximum absolute atomic E-state index is 5.97.